The number of nitrogens with zero attached hydrogens (tertiary/aromatic N) is 1. The van der Waals surface area contributed by atoms with Crippen LogP contribution in [0.25, 0.3) is 0 Å². The Bertz CT molecular complexity index is 295. The fourth-order valence-corrected chi connectivity index (χ4v) is 2.60. The zero-order valence-corrected chi connectivity index (χ0v) is 13.3. The van der Waals surface area contributed by atoms with E-state index in [0.29, 0.717) is 24.8 Å². The van der Waals surface area contributed by atoms with Gasteiger partial charge in [-0.2, -0.15) is 0 Å². The van der Waals surface area contributed by atoms with Gasteiger partial charge in [0, 0.05) is 26.2 Å². The van der Waals surface area contributed by atoms with Crippen molar-refractivity contribution in [2.75, 3.05) is 32.8 Å². The summed E-state index contributed by atoms with van der Waals surface area (Å²) in [5, 5.41) is 12.4. The molecule has 0 aliphatic carbocycles. The lowest BCUT2D eigenvalue weighted by Gasteiger charge is -2.34. The van der Waals surface area contributed by atoms with Crippen molar-refractivity contribution in [3.05, 3.63) is 0 Å². The van der Waals surface area contributed by atoms with Crippen LogP contribution in [-0.2, 0) is 9.53 Å². The maximum Gasteiger partial charge on any atom is 0.320 e. The maximum absolute atomic E-state index is 11.2. The smallest absolute Gasteiger partial charge is 0.320 e. The monoisotopic (exact) mass is 286 g/mol. The van der Waals surface area contributed by atoms with Crippen LogP contribution in [0.1, 0.15) is 34.1 Å². The summed E-state index contributed by atoms with van der Waals surface area (Å²) in [7, 11) is 0. The van der Waals surface area contributed by atoms with Crippen molar-refractivity contribution >= 4 is 5.97 Å². The normalized spacial score (nSPS) is 22.4. The number of carboxylic acid groups (broad SMARTS) is 1. The van der Waals surface area contributed by atoms with Gasteiger partial charge in [0.25, 0.3) is 0 Å². The minimum absolute atomic E-state index is 0.0940. The Hall–Kier alpha value is -0.650. The van der Waals surface area contributed by atoms with Gasteiger partial charge < -0.3 is 15.2 Å². The molecule has 1 aliphatic rings. The molecule has 1 heterocycles. The summed E-state index contributed by atoms with van der Waals surface area (Å²) in [6.07, 6.45) is 0.745. The van der Waals surface area contributed by atoms with Crippen LogP contribution in [0.15, 0.2) is 0 Å². The minimum atomic E-state index is -0.770. The molecule has 5 nitrogen and oxygen atoms in total. The van der Waals surface area contributed by atoms with Crippen molar-refractivity contribution in [1.29, 1.82) is 0 Å². The van der Waals surface area contributed by atoms with Gasteiger partial charge in [0.05, 0.1) is 12.7 Å². The summed E-state index contributed by atoms with van der Waals surface area (Å²) in [4.78, 5) is 13.6. The number of hydrogen-bond acceptors (Lipinski definition) is 4. The van der Waals surface area contributed by atoms with E-state index in [0.717, 1.165) is 26.2 Å². The molecule has 2 unspecified atom stereocenters. The van der Waals surface area contributed by atoms with Gasteiger partial charge in [-0.15, -0.1) is 0 Å². The number of carboxylic acids is 1. The average molecular weight is 286 g/mol. The third-order valence-electron chi connectivity index (χ3n) is 3.44. The summed E-state index contributed by atoms with van der Waals surface area (Å²) in [5.74, 6) is 0.247. The molecule has 0 aromatic heterocycles. The lowest BCUT2D eigenvalue weighted by molar-refractivity contribution is -0.140. The second-order valence-corrected chi connectivity index (χ2v) is 6.57. The highest BCUT2D eigenvalue weighted by Gasteiger charge is 2.24. The van der Waals surface area contributed by atoms with E-state index in [-0.39, 0.29) is 6.10 Å². The van der Waals surface area contributed by atoms with Crippen molar-refractivity contribution in [2.45, 2.75) is 46.3 Å². The van der Waals surface area contributed by atoms with Crippen molar-refractivity contribution in [2.24, 2.45) is 11.8 Å². The van der Waals surface area contributed by atoms with E-state index in [4.69, 9.17) is 4.74 Å². The fraction of sp³-hybridized carbons (Fsp3) is 0.933. The van der Waals surface area contributed by atoms with Crippen LogP contribution in [0, 0.1) is 11.8 Å². The fourth-order valence-electron chi connectivity index (χ4n) is 2.60. The summed E-state index contributed by atoms with van der Waals surface area (Å²) >= 11 is 0. The molecule has 0 radical (unpaired) electrons. The van der Waals surface area contributed by atoms with Crippen LogP contribution in [0.4, 0.5) is 0 Å². The number of carbonyl (C=O) groups is 1. The van der Waals surface area contributed by atoms with Crippen molar-refractivity contribution < 1.29 is 14.6 Å². The highest BCUT2D eigenvalue weighted by molar-refractivity contribution is 5.73. The van der Waals surface area contributed by atoms with Gasteiger partial charge in [-0.1, -0.05) is 27.7 Å². The van der Waals surface area contributed by atoms with Gasteiger partial charge in [-0.25, -0.2) is 0 Å². The number of morpholine rings is 1. The first-order valence-corrected chi connectivity index (χ1v) is 7.68. The quantitative estimate of drug-likeness (QED) is 0.707. The first-order chi connectivity index (χ1) is 9.38. The Labute approximate surface area is 122 Å². The number of ether oxygens (including phenoxy) is 1. The molecule has 2 N–H and O–H groups in total. The van der Waals surface area contributed by atoms with Crippen molar-refractivity contribution in [3.63, 3.8) is 0 Å². The molecule has 0 aromatic rings. The number of rotatable bonds is 8. The van der Waals surface area contributed by atoms with Crippen LogP contribution in [0.2, 0.25) is 0 Å². The first-order valence-electron chi connectivity index (χ1n) is 7.68. The van der Waals surface area contributed by atoms with Crippen LogP contribution in [-0.4, -0.2) is 60.9 Å². The molecule has 2 atom stereocenters. The van der Waals surface area contributed by atoms with Gasteiger partial charge in [0.1, 0.15) is 6.04 Å². The second-order valence-electron chi connectivity index (χ2n) is 6.57. The molecular formula is C15H30N2O3. The SMILES string of the molecule is CC(C)CC(NCC1CN(CC(C)C)CCO1)C(=O)O. The molecule has 0 amide bonds. The Morgan fingerprint density at radius 2 is 2.05 bits per heavy atom. The Balaban J connectivity index is 2.37. The molecule has 1 saturated heterocycles. The van der Waals surface area contributed by atoms with Gasteiger partial charge >= 0.3 is 5.97 Å². The van der Waals surface area contributed by atoms with Gasteiger partial charge in [0.2, 0.25) is 0 Å². The molecule has 0 aromatic carbocycles. The third-order valence-corrected chi connectivity index (χ3v) is 3.44. The van der Waals surface area contributed by atoms with Gasteiger partial charge in [-0.05, 0) is 18.3 Å². The standard InChI is InChI=1S/C15H30N2O3/c1-11(2)7-14(15(18)19)16-8-13-10-17(5-6-20-13)9-12(3)4/h11-14,16H,5-10H2,1-4H3,(H,18,19). The van der Waals surface area contributed by atoms with Gasteiger partial charge in [0.15, 0.2) is 0 Å². The molecular weight excluding hydrogens is 256 g/mol. The Morgan fingerprint density at radius 3 is 2.60 bits per heavy atom. The number of hydrogen-bond donors (Lipinski definition) is 2. The molecule has 1 rings (SSSR count). The molecule has 0 saturated carbocycles. The van der Waals surface area contributed by atoms with E-state index in [2.05, 4.69) is 24.1 Å². The predicted octanol–water partition coefficient (Wildman–Crippen LogP) is 1.43. The van der Waals surface area contributed by atoms with Crippen molar-refractivity contribution in [1.82, 2.24) is 10.2 Å². The summed E-state index contributed by atoms with van der Waals surface area (Å²) in [5.41, 5.74) is 0. The van der Waals surface area contributed by atoms with Crippen molar-refractivity contribution in [3.8, 4) is 0 Å². The summed E-state index contributed by atoms with van der Waals surface area (Å²) in [6, 6.07) is -0.473. The van der Waals surface area contributed by atoms with Crippen LogP contribution < -0.4 is 5.32 Å². The van der Waals surface area contributed by atoms with E-state index in [1.165, 1.54) is 0 Å². The third kappa shape index (κ3) is 6.68. The van der Waals surface area contributed by atoms with Gasteiger partial charge in [-0.3, -0.25) is 9.69 Å². The topological polar surface area (TPSA) is 61.8 Å². The van der Waals surface area contributed by atoms with Crippen LogP contribution in [0.5, 0.6) is 0 Å². The van der Waals surface area contributed by atoms with E-state index >= 15 is 0 Å². The lowest BCUT2D eigenvalue weighted by Crippen LogP contribution is -2.50. The average Bonchev–Trinajstić information content (AvgIpc) is 2.33. The molecule has 1 aliphatic heterocycles. The largest absolute Gasteiger partial charge is 0.480 e. The van der Waals surface area contributed by atoms with E-state index in [1.807, 2.05) is 13.8 Å². The molecule has 1 fully saturated rings. The lowest BCUT2D eigenvalue weighted by atomic mass is 10.0. The zero-order chi connectivity index (χ0) is 15.1. The molecule has 0 bridgehead atoms. The highest BCUT2D eigenvalue weighted by atomic mass is 16.5. The summed E-state index contributed by atoms with van der Waals surface area (Å²) < 4.78 is 5.73. The zero-order valence-electron chi connectivity index (χ0n) is 13.3. The molecule has 20 heavy (non-hydrogen) atoms. The Kier molecular flexibility index (Phi) is 7.48. The van der Waals surface area contributed by atoms with E-state index in [1.54, 1.807) is 0 Å². The van der Waals surface area contributed by atoms with E-state index < -0.39 is 12.0 Å². The summed E-state index contributed by atoms with van der Waals surface area (Å²) in [6.45, 7) is 12.8. The molecule has 118 valence electrons. The number of nitrogens with one attached hydrogen (secondary N) is 1. The van der Waals surface area contributed by atoms with E-state index in [9.17, 15) is 9.90 Å². The second kappa shape index (κ2) is 8.60. The Morgan fingerprint density at radius 1 is 1.35 bits per heavy atom. The minimum Gasteiger partial charge on any atom is -0.480 e. The predicted molar refractivity (Wildman–Crippen MR) is 79.9 cm³/mol. The maximum atomic E-state index is 11.2. The van der Waals surface area contributed by atoms with Crippen LogP contribution in [0.3, 0.4) is 0 Å². The highest BCUT2D eigenvalue weighted by Crippen LogP contribution is 2.09. The van der Waals surface area contributed by atoms with Crippen LogP contribution >= 0.6 is 0 Å². The first kappa shape index (κ1) is 17.4. The number of aliphatic carboxylic acids is 1. The molecule has 0 spiro atoms. The molecule has 5 heteroatoms.